The first-order valence-electron chi connectivity index (χ1n) is 9.34. The van der Waals surface area contributed by atoms with Crippen molar-refractivity contribution in [1.29, 1.82) is 0 Å². The minimum Gasteiger partial charge on any atom is -0.507 e. The summed E-state index contributed by atoms with van der Waals surface area (Å²) >= 11 is 0. The van der Waals surface area contributed by atoms with Gasteiger partial charge in [-0.25, -0.2) is 4.79 Å². The largest absolute Gasteiger partial charge is 0.507 e. The molecule has 3 N–H and O–H groups in total. The van der Waals surface area contributed by atoms with E-state index in [2.05, 4.69) is 5.32 Å². The molecular weight excluding hydrogens is 374 g/mol. The van der Waals surface area contributed by atoms with Crippen LogP contribution in [0, 0.1) is 0 Å². The fourth-order valence-corrected chi connectivity index (χ4v) is 3.39. The van der Waals surface area contributed by atoms with Crippen molar-refractivity contribution in [3.63, 3.8) is 0 Å². The Hall–Kier alpha value is -3.45. The van der Waals surface area contributed by atoms with Gasteiger partial charge in [-0.3, -0.25) is 5.32 Å². The van der Waals surface area contributed by atoms with E-state index in [0.717, 1.165) is 10.9 Å². The third-order valence-electron chi connectivity index (χ3n) is 4.77. The van der Waals surface area contributed by atoms with Gasteiger partial charge in [0, 0.05) is 29.3 Å². The second kappa shape index (κ2) is 8.28. The molecule has 0 unspecified atom stereocenters. The standard InChI is InChI=1S/C22H21NO6/c24-11-3-6-19(17-8-9-18(25)16-5-2-1-4-15(16)17)29-22(26)23-14-7-10-20-21(12-14)28-13-27-20/h1-2,4-5,7-10,12,19,24-25H,3,6,11,13H2,(H,23,26)/t19-/m1/s1. The summed E-state index contributed by atoms with van der Waals surface area (Å²) in [5.41, 5.74) is 1.29. The van der Waals surface area contributed by atoms with Gasteiger partial charge >= 0.3 is 6.09 Å². The van der Waals surface area contributed by atoms with E-state index in [0.29, 0.717) is 35.4 Å². The Bertz CT molecular complexity index is 1030. The van der Waals surface area contributed by atoms with Crippen LogP contribution in [0.2, 0.25) is 0 Å². The summed E-state index contributed by atoms with van der Waals surface area (Å²) in [4.78, 5) is 12.5. The van der Waals surface area contributed by atoms with Gasteiger partial charge < -0.3 is 24.4 Å². The summed E-state index contributed by atoms with van der Waals surface area (Å²) in [7, 11) is 0. The number of carbonyl (C=O) groups is 1. The molecular formula is C22H21NO6. The van der Waals surface area contributed by atoms with E-state index in [1.54, 1.807) is 30.3 Å². The van der Waals surface area contributed by atoms with E-state index in [1.165, 1.54) is 0 Å². The number of benzene rings is 3. The Labute approximate surface area is 167 Å². The van der Waals surface area contributed by atoms with Crippen LogP contribution in [0.15, 0.2) is 54.6 Å². The minimum absolute atomic E-state index is 0.0142. The number of amides is 1. The van der Waals surface area contributed by atoms with E-state index < -0.39 is 12.2 Å². The lowest BCUT2D eigenvalue weighted by Gasteiger charge is -2.20. The highest BCUT2D eigenvalue weighted by Gasteiger charge is 2.21. The lowest BCUT2D eigenvalue weighted by Crippen LogP contribution is -2.18. The number of carbonyl (C=O) groups excluding carboxylic acids is 1. The maximum absolute atomic E-state index is 12.5. The lowest BCUT2D eigenvalue weighted by atomic mass is 9.97. The maximum Gasteiger partial charge on any atom is 0.412 e. The van der Waals surface area contributed by atoms with Crippen molar-refractivity contribution in [2.45, 2.75) is 18.9 Å². The summed E-state index contributed by atoms with van der Waals surface area (Å²) in [6, 6.07) is 15.8. The molecule has 1 heterocycles. The van der Waals surface area contributed by atoms with Crippen molar-refractivity contribution < 1.29 is 29.2 Å². The van der Waals surface area contributed by atoms with E-state index in [-0.39, 0.29) is 19.1 Å². The smallest absolute Gasteiger partial charge is 0.412 e. The van der Waals surface area contributed by atoms with E-state index in [9.17, 15) is 15.0 Å². The van der Waals surface area contributed by atoms with Crippen molar-refractivity contribution in [3.8, 4) is 17.2 Å². The molecule has 0 bridgehead atoms. The third-order valence-corrected chi connectivity index (χ3v) is 4.77. The van der Waals surface area contributed by atoms with Crippen LogP contribution in [0.3, 0.4) is 0 Å². The molecule has 150 valence electrons. The van der Waals surface area contributed by atoms with E-state index in [4.69, 9.17) is 14.2 Å². The molecule has 3 aromatic carbocycles. The molecule has 0 aliphatic carbocycles. The Morgan fingerprint density at radius 3 is 2.69 bits per heavy atom. The summed E-state index contributed by atoms with van der Waals surface area (Å²) in [5, 5.41) is 23.6. The number of aliphatic hydroxyl groups excluding tert-OH is 1. The number of rotatable bonds is 6. The Morgan fingerprint density at radius 2 is 1.86 bits per heavy atom. The highest BCUT2D eigenvalue weighted by molar-refractivity contribution is 5.91. The average Bonchev–Trinajstić information content (AvgIpc) is 3.20. The molecule has 1 amide bonds. The molecule has 29 heavy (non-hydrogen) atoms. The van der Waals surface area contributed by atoms with Gasteiger partial charge in [-0.1, -0.05) is 30.3 Å². The summed E-state index contributed by atoms with van der Waals surface area (Å²) < 4.78 is 16.3. The Balaban J connectivity index is 1.56. The fourth-order valence-electron chi connectivity index (χ4n) is 3.39. The van der Waals surface area contributed by atoms with Crippen molar-refractivity contribution in [2.24, 2.45) is 0 Å². The molecule has 0 saturated carbocycles. The molecule has 0 fully saturated rings. The molecule has 3 aromatic rings. The fraction of sp³-hybridized carbons (Fsp3) is 0.227. The third kappa shape index (κ3) is 4.05. The van der Waals surface area contributed by atoms with E-state index >= 15 is 0 Å². The van der Waals surface area contributed by atoms with Gasteiger partial charge in [0.15, 0.2) is 11.5 Å². The topological polar surface area (TPSA) is 97.3 Å². The molecule has 1 aliphatic rings. The minimum atomic E-state index is -0.621. The zero-order valence-electron chi connectivity index (χ0n) is 15.6. The number of hydrogen-bond donors (Lipinski definition) is 3. The predicted octanol–water partition coefficient (Wildman–Crippen LogP) is 4.34. The molecule has 0 aromatic heterocycles. The highest BCUT2D eigenvalue weighted by Crippen LogP contribution is 2.36. The first kappa shape index (κ1) is 18.9. The van der Waals surface area contributed by atoms with Gasteiger partial charge in [0.25, 0.3) is 0 Å². The number of aliphatic hydroxyl groups is 1. The van der Waals surface area contributed by atoms with Crippen molar-refractivity contribution >= 4 is 22.6 Å². The van der Waals surface area contributed by atoms with Crippen LogP contribution in [-0.2, 0) is 4.74 Å². The first-order chi connectivity index (χ1) is 14.2. The molecule has 0 saturated heterocycles. The number of ether oxygens (including phenoxy) is 3. The number of phenolic OH excluding ortho intramolecular Hbond substituents is 1. The van der Waals surface area contributed by atoms with Crippen LogP contribution >= 0.6 is 0 Å². The number of hydrogen-bond acceptors (Lipinski definition) is 6. The number of phenols is 1. The molecule has 0 spiro atoms. The van der Waals surface area contributed by atoms with Crippen LogP contribution in [0.1, 0.15) is 24.5 Å². The summed E-state index contributed by atoms with van der Waals surface area (Å²) in [5.74, 6) is 1.35. The first-order valence-corrected chi connectivity index (χ1v) is 9.34. The zero-order valence-corrected chi connectivity index (χ0v) is 15.6. The van der Waals surface area contributed by atoms with Gasteiger partial charge in [-0.15, -0.1) is 0 Å². The van der Waals surface area contributed by atoms with Gasteiger partial charge in [0.1, 0.15) is 11.9 Å². The van der Waals surface area contributed by atoms with Crippen LogP contribution < -0.4 is 14.8 Å². The molecule has 1 aliphatic heterocycles. The second-order valence-corrected chi connectivity index (χ2v) is 6.67. The number of fused-ring (bicyclic) bond motifs is 2. The lowest BCUT2D eigenvalue weighted by molar-refractivity contribution is 0.100. The van der Waals surface area contributed by atoms with Gasteiger partial charge in [-0.2, -0.15) is 0 Å². The Morgan fingerprint density at radius 1 is 1.07 bits per heavy atom. The van der Waals surface area contributed by atoms with Gasteiger partial charge in [0.2, 0.25) is 6.79 Å². The monoisotopic (exact) mass is 395 g/mol. The van der Waals surface area contributed by atoms with Gasteiger partial charge in [0.05, 0.1) is 0 Å². The molecule has 7 nitrogen and oxygen atoms in total. The van der Waals surface area contributed by atoms with Crippen LogP contribution in [0.25, 0.3) is 10.8 Å². The highest BCUT2D eigenvalue weighted by atomic mass is 16.7. The Kier molecular flexibility index (Phi) is 5.39. The van der Waals surface area contributed by atoms with Crippen molar-refractivity contribution in [1.82, 2.24) is 0 Å². The summed E-state index contributed by atoms with van der Waals surface area (Å²) in [6.07, 6.45) is -0.289. The predicted molar refractivity (Wildman–Crippen MR) is 107 cm³/mol. The normalized spacial score (nSPS) is 13.3. The van der Waals surface area contributed by atoms with Crippen LogP contribution in [-0.4, -0.2) is 29.7 Å². The number of aromatic hydroxyl groups is 1. The molecule has 0 radical (unpaired) electrons. The van der Waals surface area contributed by atoms with Crippen LogP contribution in [0.5, 0.6) is 17.2 Å². The van der Waals surface area contributed by atoms with Crippen molar-refractivity contribution in [2.75, 3.05) is 18.7 Å². The van der Waals surface area contributed by atoms with Gasteiger partial charge in [-0.05, 0) is 36.4 Å². The van der Waals surface area contributed by atoms with Crippen LogP contribution in [0.4, 0.5) is 10.5 Å². The number of anilines is 1. The SMILES string of the molecule is O=C(Nc1ccc2c(c1)OCO2)O[C@H](CCCO)c1ccc(O)c2ccccc12. The average molecular weight is 395 g/mol. The number of nitrogens with one attached hydrogen (secondary N) is 1. The molecule has 4 rings (SSSR count). The second-order valence-electron chi connectivity index (χ2n) is 6.67. The zero-order chi connectivity index (χ0) is 20.2. The maximum atomic E-state index is 12.5. The van der Waals surface area contributed by atoms with Crippen molar-refractivity contribution in [3.05, 3.63) is 60.2 Å². The van der Waals surface area contributed by atoms with E-state index in [1.807, 2.05) is 24.3 Å². The molecule has 1 atom stereocenters. The summed E-state index contributed by atoms with van der Waals surface area (Å²) in [6.45, 7) is 0.139. The quantitative estimate of drug-likeness (QED) is 0.575. The molecule has 7 heteroatoms.